The van der Waals surface area contributed by atoms with Gasteiger partial charge in [-0.1, -0.05) is 32.0 Å². The Kier molecular flexibility index (Phi) is 3.85. The summed E-state index contributed by atoms with van der Waals surface area (Å²) in [6.45, 7) is 8.86. The van der Waals surface area contributed by atoms with Gasteiger partial charge in [-0.2, -0.15) is 0 Å². The minimum atomic E-state index is 0.249. The van der Waals surface area contributed by atoms with Crippen LogP contribution in [0.4, 0.5) is 0 Å². The second-order valence-electron chi connectivity index (χ2n) is 5.43. The van der Waals surface area contributed by atoms with E-state index in [2.05, 4.69) is 43.9 Å². The summed E-state index contributed by atoms with van der Waals surface area (Å²) in [5, 5.41) is 9.24. The third-order valence-corrected chi connectivity index (χ3v) is 3.83. The van der Waals surface area contributed by atoms with E-state index in [1.54, 1.807) is 0 Å². The first-order chi connectivity index (χ1) is 8.11. The minimum absolute atomic E-state index is 0.249. The van der Waals surface area contributed by atoms with Crippen molar-refractivity contribution in [1.29, 1.82) is 0 Å². The number of aliphatic hydroxyl groups is 1. The number of fused-ring (bicyclic) bond motifs is 1. The van der Waals surface area contributed by atoms with Crippen LogP contribution >= 0.6 is 0 Å². The number of aliphatic hydroxyl groups excluding tert-OH is 1. The van der Waals surface area contributed by atoms with Gasteiger partial charge in [0.15, 0.2) is 0 Å². The van der Waals surface area contributed by atoms with Crippen LogP contribution in [-0.4, -0.2) is 29.2 Å². The normalized spacial score (nSPS) is 18.2. The number of nitrogens with zero attached hydrogens (tertiary/aromatic N) is 1. The lowest BCUT2D eigenvalue weighted by molar-refractivity contribution is 0.123. The molecule has 0 fully saturated rings. The Morgan fingerprint density at radius 2 is 2.00 bits per heavy atom. The third kappa shape index (κ3) is 2.70. The fourth-order valence-electron chi connectivity index (χ4n) is 2.45. The van der Waals surface area contributed by atoms with Crippen molar-refractivity contribution in [3.05, 3.63) is 34.9 Å². The molecule has 1 aromatic rings. The van der Waals surface area contributed by atoms with Crippen LogP contribution in [0, 0.1) is 0 Å². The van der Waals surface area contributed by atoms with Gasteiger partial charge in [0, 0.05) is 19.1 Å². The van der Waals surface area contributed by atoms with Crippen LogP contribution < -0.4 is 0 Å². The van der Waals surface area contributed by atoms with Crippen molar-refractivity contribution in [2.24, 2.45) is 0 Å². The van der Waals surface area contributed by atoms with Gasteiger partial charge in [-0.3, -0.25) is 4.90 Å². The lowest BCUT2D eigenvalue weighted by atomic mass is 9.93. The molecule has 1 aliphatic heterocycles. The summed E-state index contributed by atoms with van der Waals surface area (Å²) >= 11 is 0. The molecule has 0 aromatic heterocycles. The molecule has 0 saturated carbocycles. The van der Waals surface area contributed by atoms with Gasteiger partial charge in [-0.25, -0.2) is 0 Å². The van der Waals surface area contributed by atoms with E-state index in [1.807, 2.05) is 0 Å². The summed E-state index contributed by atoms with van der Waals surface area (Å²) in [6.07, 6.45) is 1.11. The second kappa shape index (κ2) is 5.19. The van der Waals surface area contributed by atoms with Crippen LogP contribution in [0.2, 0.25) is 0 Å². The Morgan fingerprint density at radius 1 is 1.24 bits per heavy atom. The topological polar surface area (TPSA) is 23.5 Å². The van der Waals surface area contributed by atoms with Crippen LogP contribution in [-0.2, 0) is 13.0 Å². The summed E-state index contributed by atoms with van der Waals surface area (Å²) in [5.41, 5.74) is 4.35. The largest absolute Gasteiger partial charge is 0.395 e. The lowest BCUT2D eigenvalue weighted by Crippen LogP contribution is -2.39. The van der Waals surface area contributed by atoms with E-state index in [1.165, 1.54) is 16.7 Å². The summed E-state index contributed by atoms with van der Waals surface area (Å²) in [5.74, 6) is 0.589. The van der Waals surface area contributed by atoms with Crippen molar-refractivity contribution in [2.75, 3.05) is 13.2 Å². The monoisotopic (exact) mass is 233 g/mol. The molecule has 17 heavy (non-hydrogen) atoms. The molecule has 1 N–H and O–H groups in total. The second-order valence-corrected chi connectivity index (χ2v) is 5.43. The molecule has 0 radical (unpaired) electrons. The highest BCUT2D eigenvalue weighted by molar-refractivity contribution is 5.35. The summed E-state index contributed by atoms with van der Waals surface area (Å²) in [7, 11) is 0. The highest BCUT2D eigenvalue weighted by Gasteiger charge is 2.20. The lowest BCUT2D eigenvalue weighted by Gasteiger charge is -2.33. The van der Waals surface area contributed by atoms with E-state index >= 15 is 0 Å². The van der Waals surface area contributed by atoms with Crippen molar-refractivity contribution in [3.8, 4) is 0 Å². The van der Waals surface area contributed by atoms with Crippen LogP contribution in [0.3, 0.4) is 0 Å². The molecule has 0 aliphatic carbocycles. The van der Waals surface area contributed by atoms with Gasteiger partial charge in [0.25, 0.3) is 0 Å². The van der Waals surface area contributed by atoms with E-state index < -0.39 is 0 Å². The molecule has 0 bridgehead atoms. The fourth-order valence-corrected chi connectivity index (χ4v) is 2.45. The maximum atomic E-state index is 9.24. The predicted octanol–water partition coefficient (Wildman–Crippen LogP) is 2.55. The minimum Gasteiger partial charge on any atom is -0.395 e. The molecule has 0 spiro atoms. The molecule has 94 valence electrons. The molecule has 2 nitrogen and oxygen atoms in total. The first-order valence-corrected chi connectivity index (χ1v) is 6.58. The highest BCUT2D eigenvalue weighted by Crippen LogP contribution is 2.24. The Morgan fingerprint density at radius 3 is 2.65 bits per heavy atom. The van der Waals surface area contributed by atoms with Gasteiger partial charge >= 0.3 is 0 Å². The number of rotatable bonds is 3. The molecule has 1 aliphatic rings. The predicted molar refractivity (Wildman–Crippen MR) is 71.2 cm³/mol. The molecular weight excluding hydrogens is 210 g/mol. The van der Waals surface area contributed by atoms with Crippen molar-refractivity contribution >= 4 is 0 Å². The smallest absolute Gasteiger partial charge is 0.0584 e. The maximum Gasteiger partial charge on any atom is 0.0584 e. The molecule has 1 atom stereocenters. The number of benzene rings is 1. The summed E-state index contributed by atoms with van der Waals surface area (Å²) < 4.78 is 0. The van der Waals surface area contributed by atoms with E-state index in [0.29, 0.717) is 5.92 Å². The number of hydrogen-bond donors (Lipinski definition) is 1. The van der Waals surface area contributed by atoms with Gasteiger partial charge in [0.2, 0.25) is 0 Å². The van der Waals surface area contributed by atoms with Crippen LogP contribution in [0.25, 0.3) is 0 Å². The van der Waals surface area contributed by atoms with Crippen LogP contribution in [0.1, 0.15) is 43.4 Å². The Hall–Kier alpha value is -0.860. The molecule has 2 heteroatoms. The Labute approximate surface area is 104 Å². The zero-order valence-electron chi connectivity index (χ0n) is 11.1. The molecule has 1 aromatic carbocycles. The Balaban J connectivity index is 2.20. The van der Waals surface area contributed by atoms with E-state index in [9.17, 15) is 5.11 Å². The molecule has 1 unspecified atom stereocenters. The SMILES string of the molecule is CC(C)c1ccc2c(c1)CN(C(C)CO)CC2. The first kappa shape index (κ1) is 12.6. The standard InChI is InChI=1S/C15H23NO/c1-11(2)14-5-4-13-6-7-16(12(3)10-17)9-15(13)8-14/h4-5,8,11-12,17H,6-7,9-10H2,1-3H3. The zero-order chi connectivity index (χ0) is 12.4. The van der Waals surface area contributed by atoms with Crippen molar-refractivity contribution < 1.29 is 5.11 Å². The third-order valence-electron chi connectivity index (χ3n) is 3.83. The quantitative estimate of drug-likeness (QED) is 0.867. The van der Waals surface area contributed by atoms with Gasteiger partial charge in [-0.05, 0) is 36.0 Å². The molecule has 0 saturated heterocycles. The average Bonchev–Trinajstić information content (AvgIpc) is 2.36. The molecule has 2 rings (SSSR count). The average molecular weight is 233 g/mol. The van der Waals surface area contributed by atoms with Gasteiger partial charge in [0.1, 0.15) is 0 Å². The van der Waals surface area contributed by atoms with Crippen molar-refractivity contribution in [2.45, 2.75) is 45.7 Å². The molecule has 0 amide bonds. The van der Waals surface area contributed by atoms with Crippen LogP contribution in [0.5, 0.6) is 0 Å². The Bertz CT molecular complexity index is 387. The van der Waals surface area contributed by atoms with Gasteiger partial charge in [-0.15, -0.1) is 0 Å². The zero-order valence-corrected chi connectivity index (χ0v) is 11.1. The maximum absolute atomic E-state index is 9.24. The molecule has 1 heterocycles. The molecular formula is C15H23NO. The van der Waals surface area contributed by atoms with Gasteiger partial charge in [0.05, 0.1) is 6.61 Å². The summed E-state index contributed by atoms with van der Waals surface area (Å²) in [6, 6.07) is 7.15. The van der Waals surface area contributed by atoms with E-state index in [4.69, 9.17) is 0 Å². The van der Waals surface area contributed by atoms with Crippen molar-refractivity contribution in [1.82, 2.24) is 4.90 Å². The first-order valence-electron chi connectivity index (χ1n) is 6.58. The summed E-state index contributed by atoms with van der Waals surface area (Å²) in [4.78, 5) is 2.37. The van der Waals surface area contributed by atoms with E-state index in [0.717, 1.165) is 19.5 Å². The fraction of sp³-hybridized carbons (Fsp3) is 0.600. The van der Waals surface area contributed by atoms with Crippen LogP contribution in [0.15, 0.2) is 18.2 Å². The van der Waals surface area contributed by atoms with E-state index in [-0.39, 0.29) is 12.6 Å². The highest BCUT2D eigenvalue weighted by atomic mass is 16.3. The van der Waals surface area contributed by atoms with Crippen molar-refractivity contribution in [3.63, 3.8) is 0 Å². The van der Waals surface area contributed by atoms with Gasteiger partial charge < -0.3 is 5.11 Å². The number of hydrogen-bond acceptors (Lipinski definition) is 2.